The van der Waals surface area contributed by atoms with Crippen molar-refractivity contribution < 1.29 is 14.2 Å². The highest BCUT2D eigenvalue weighted by atomic mass is 79.9. The fraction of sp³-hybridized carbons (Fsp3) is 0.250. The van der Waals surface area contributed by atoms with Crippen LogP contribution in [-0.4, -0.2) is 13.9 Å². The zero-order chi connectivity index (χ0) is 14.7. The normalized spacial score (nSPS) is 11.9. The third kappa shape index (κ3) is 3.85. The largest absolute Gasteiger partial charge is 0.496 e. The highest BCUT2D eigenvalue weighted by molar-refractivity contribution is 9.10. The predicted octanol–water partition coefficient (Wildman–Crippen LogP) is 3.90. The molecule has 0 radical (unpaired) electrons. The van der Waals surface area contributed by atoms with Gasteiger partial charge >= 0.3 is 0 Å². The molecule has 0 atom stereocenters. The average Bonchev–Trinajstić information content (AvgIpc) is 2.95. The van der Waals surface area contributed by atoms with Crippen LogP contribution in [0.15, 0.2) is 40.9 Å². The number of benzene rings is 2. The lowest BCUT2D eigenvalue weighted by Gasteiger charge is -2.10. The number of hydrogen-bond acceptors (Lipinski definition) is 4. The van der Waals surface area contributed by atoms with Gasteiger partial charge in [0, 0.05) is 23.1 Å². The molecule has 1 N–H and O–H groups in total. The van der Waals surface area contributed by atoms with Gasteiger partial charge in [0.2, 0.25) is 6.79 Å². The molecule has 1 aliphatic heterocycles. The smallest absolute Gasteiger partial charge is 0.231 e. The van der Waals surface area contributed by atoms with Crippen molar-refractivity contribution in [3.63, 3.8) is 0 Å². The molecule has 22 heavy (non-hydrogen) atoms. The van der Waals surface area contributed by atoms with Gasteiger partial charge in [0.05, 0.1) is 7.11 Å². The molecule has 6 heteroatoms. The molecule has 4 nitrogen and oxygen atoms in total. The lowest BCUT2D eigenvalue weighted by Crippen LogP contribution is -2.13. The van der Waals surface area contributed by atoms with Gasteiger partial charge in [-0.3, -0.25) is 0 Å². The summed E-state index contributed by atoms with van der Waals surface area (Å²) in [5.74, 6) is 2.51. The van der Waals surface area contributed by atoms with Crippen molar-refractivity contribution >= 4 is 28.3 Å². The van der Waals surface area contributed by atoms with Gasteiger partial charge in [-0.05, 0) is 35.9 Å². The lowest BCUT2D eigenvalue weighted by molar-refractivity contribution is 0.174. The Hall–Kier alpha value is -1.43. The van der Waals surface area contributed by atoms with E-state index in [1.165, 1.54) is 0 Å². The first-order chi connectivity index (χ1) is 10.3. The van der Waals surface area contributed by atoms with Gasteiger partial charge in [-0.2, -0.15) is 0 Å². The molecular weight excluding hydrogens is 370 g/mol. The quantitative estimate of drug-likeness (QED) is 0.846. The molecule has 0 bridgehead atoms. The number of methoxy groups -OCH3 is 1. The third-order valence-electron chi connectivity index (χ3n) is 3.32. The molecule has 0 spiro atoms. The van der Waals surface area contributed by atoms with Crippen LogP contribution in [0.5, 0.6) is 17.2 Å². The topological polar surface area (TPSA) is 39.7 Å². The minimum absolute atomic E-state index is 0. The van der Waals surface area contributed by atoms with E-state index >= 15 is 0 Å². The second kappa shape index (κ2) is 7.72. The summed E-state index contributed by atoms with van der Waals surface area (Å²) >= 11 is 3.48. The monoisotopic (exact) mass is 385 g/mol. The Morgan fingerprint density at radius 1 is 1.09 bits per heavy atom. The van der Waals surface area contributed by atoms with E-state index in [0.717, 1.165) is 45.9 Å². The van der Waals surface area contributed by atoms with Gasteiger partial charge in [0.15, 0.2) is 11.5 Å². The fourth-order valence-corrected chi connectivity index (χ4v) is 2.69. The molecule has 2 aromatic carbocycles. The van der Waals surface area contributed by atoms with Crippen molar-refractivity contribution in [1.29, 1.82) is 0 Å². The first-order valence-electron chi connectivity index (χ1n) is 6.68. The van der Waals surface area contributed by atoms with Gasteiger partial charge in [-0.15, -0.1) is 12.4 Å². The molecule has 3 rings (SSSR count). The second-order valence-electron chi connectivity index (χ2n) is 4.75. The summed E-state index contributed by atoms with van der Waals surface area (Å²) < 4.78 is 17.1. The van der Waals surface area contributed by atoms with Crippen LogP contribution in [-0.2, 0) is 13.1 Å². The van der Waals surface area contributed by atoms with E-state index in [-0.39, 0.29) is 12.4 Å². The molecule has 0 saturated carbocycles. The van der Waals surface area contributed by atoms with Crippen LogP contribution in [0.3, 0.4) is 0 Å². The number of ether oxygens (including phenoxy) is 3. The lowest BCUT2D eigenvalue weighted by atomic mass is 10.1. The maximum Gasteiger partial charge on any atom is 0.231 e. The highest BCUT2D eigenvalue weighted by Crippen LogP contribution is 2.32. The van der Waals surface area contributed by atoms with Gasteiger partial charge < -0.3 is 19.5 Å². The predicted molar refractivity (Wildman–Crippen MR) is 91.1 cm³/mol. The van der Waals surface area contributed by atoms with Crippen LogP contribution in [0.2, 0.25) is 0 Å². The summed E-state index contributed by atoms with van der Waals surface area (Å²) in [5, 5.41) is 3.41. The van der Waals surface area contributed by atoms with Crippen molar-refractivity contribution in [2.75, 3.05) is 13.9 Å². The average molecular weight is 387 g/mol. The Morgan fingerprint density at radius 3 is 2.73 bits per heavy atom. The molecule has 0 amide bonds. The number of nitrogens with one attached hydrogen (secondary N) is 1. The SMILES string of the molecule is COc1ccc(Br)cc1CNCc1ccc2c(c1)OCO2.Cl. The van der Waals surface area contributed by atoms with Crippen molar-refractivity contribution in [2.24, 2.45) is 0 Å². The molecular formula is C16H17BrClNO3. The number of rotatable bonds is 5. The first kappa shape index (κ1) is 16.9. The molecule has 0 fully saturated rings. The molecule has 118 valence electrons. The highest BCUT2D eigenvalue weighted by Gasteiger charge is 2.13. The Kier molecular flexibility index (Phi) is 5.94. The molecule has 1 heterocycles. The summed E-state index contributed by atoms with van der Waals surface area (Å²) in [7, 11) is 1.69. The number of hydrogen-bond donors (Lipinski definition) is 1. The van der Waals surface area contributed by atoms with Crippen molar-refractivity contribution in [2.45, 2.75) is 13.1 Å². The zero-order valence-corrected chi connectivity index (χ0v) is 14.5. The molecule has 1 aliphatic rings. The van der Waals surface area contributed by atoms with E-state index in [1.807, 2.05) is 30.3 Å². The van der Waals surface area contributed by atoms with E-state index in [4.69, 9.17) is 14.2 Å². The van der Waals surface area contributed by atoms with Crippen molar-refractivity contribution in [3.05, 3.63) is 52.0 Å². The van der Waals surface area contributed by atoms with Crippen LogP contribution >= 0.6 is 28.3 Å². The first-order valence-corrected chi connectivity index (χ1v) is 7.47. The number of halogens is 2. The van der Waals surface area contributed by atoms with E-state index in [1.54, 1.807) is 7.11 Å². The molecule has 2 aromatic rings. The molecule has 0 unspecified atom stereocenters. The molecule has 0 aliphatic carbocycles. The van der Waals surface area contributed by atoms with Crippen LogP contribution in [0.25, 0.3) is 0 Å². The Bertz CT molecular complexity index is 651. The van der Waals surface area contributed by atoms with Crippen LogP contribution in [0, 0.1) is 0 Å². The van der Waals surface area contributed by atoms with Crippen molar-refractivity contribution in [1.82, 2.24) is 5.32 Å². The Labute approximate surface area is 144 Å². The standard InChI is InChI=1S/C16H16BrNO3.ClH/c1-19-14-5-3-13(17)7-12(14)9-18-8-11-2-4-15-16(6-11)21-10-20-15;/h2-7,18H,8-10H2,1H3;1H. The fourth-order valence-electron chi connectivity index (χ4n) is 2.28. The van der Waals surface area contributed by atoms with E-state index < -0.39 is 0 Å². The minimum Gasteiger partial charge on any atom is -0.496 e. The zero-order valence-electron chi connectivity index (χ0n) is 12.1. The molecule has 0 aromatic heterocycles. The summed E-state index contributed by atoms with van der Waals surface area (Å²) in [4.78, 5) is 0. The van der Waals surface area contributed by atoms with Crippen LogP contribution in [0.1, 0.15) is 11.1 Å². The van der Waals surface area contributed by atoms with E-state index in [0.29, 0.717) is 6.79 Å². The summed E-state index contributed by atoms with van der Waals surface area (Å²) in [6, 6.07) is 12.0. The summed E-state index contributed by atoms with van der Waals surface area (Å²) in [6.07, 6.45) is 0. The van der Waals surface area contributed by atoms with E-state index in [2.05, 4.69) is 27.3 Å². The summed E-state index contributed by atoms with van der Waals surface area (Å²) in [6.45, 7) is 1.80. The third-order valence-corrected chi connectivity index (χ3v) is 3.82. The maximum atomic E-state index is 5.38. The van der Waals surface area contributed by atoms with Gasteiger partial charge in [0.25, 0.3) is 0 Å². The molecule has 0 saturated heterocycles. The Balaban J connectivity index is 0.00000176. The Morgan fingerprint density at radius 2 is 1.91 bits per heavy atom. The second-order valence-corrected chi connectivity index (χ2v) is 5.66. The number of fused-ring (bicyclic) bond motifs is 1. The maximum absolute atomic E-state index is 5.38. The van der Waals surface area contributed by atoms with Gasteiger partial charge in [0.1, 0.15) is 5.75 Å². The van der Waals surface area contributed by atoms with E-state index in [9.17, 15) is 0 Å². The van der Waals surface area contributed by atoms with Gasteiger partial charge in [-0.1, -0.05) is 22.0 Å². The minimum atomic E-state index is 0. The van der Waals surface area contributed by atoms with Gasteiger partial charge in [-0.25, -0.2) is 0 Å². The van der Waals surface area contributed by atoms with Crippen molar-refractivity contribution in [3.8, 4) is 17.2 Å². The van der Waals surface area contributed by atoms with Crippen LogP contribution in [0.4, 0.5) is 0 Å². The van der Waals surface area contributed by atoms with Crippen LogP contribution < -0.4 is 19.5 Å². The summed E-state index contributed by atoms with van der Waals surface area (Å²) in [5.41, 5.74) is 2.28.